The molecular weight excluding hydrogens is 218 g/mol. The molecule has 2 rings (SSSR count). The molecule has 1 aromatic heterocycles. The molecule has 0 saturated carbocycles. The molecule has 5 nitrogen and oxygen atoms in total. The van der Waals surface area contributed by atoms with Crippen molar-refractivity contribution in [2.24, 2.45) is 0 Å². The largest absolute Gasteiger partial charge is 0.480 e. The van der Waals surface area contributed by atoms with Crippen LogP contribution in [0, 0.1) is 0 Å². The Kier molecular flexibility index (Phi) is 3.78. The highest BCUT2D eigenvalue weighted by atomic mass is 16.4. The second-order valence-corrected chi connectivity index (χ2v) is 4.50. The highest BCUT2D eigenvalue weighted by molar-refractivity contribution is 5.75. The number of imidazole rings is 1. The van der Waals surface area contributed by atoms with E-state index in [1.165, 1.54) is 0 Å². The monoisotopic (exact) mass is 237 g/mol. The van der Waals surface area contributed by atoms with E-state index in [4.69, 9.17) is 0 Å². The molecule has 94 valence electrons. The van der Waals surface area contributed by atoms with Crippen LogP contribution in [0.2, 0.25) is 0 Å². The van der Waals surface area contributed by atoms with Gasteiger partial charge in [-0.25, -0.2) is 4.98 Å². The van der Waals surface area contributed by atoms with Gasteiger partial charge in [-0.3, -0.25) is 9.69 Å². The maximum Gasteiger partial charge on any atom is 0.327 e. The number of aromatic nitrogens is 2. The van der Waals surface area contributed by atoms with Crippen LogP contribution in [0.4, 0.5) is 0 Å². The van der Waals surface area contributed by atoms with E-state index in [1.807, 2.05) is 9.47 Å². The van der Waals surface area contributed by atoms with Crippen LogP contribution in [-0.4, -0.2) is 38.6 Å². The first-order valence-corrected chi connectivity index (χ1v) is 6.21. The van der Waals surface area contributed by atoms with E-state index in [9.17, 15) is 9.90 Å². The summed E-state index contributed by atoms with van der Waals surface area (Å²) in [6, 6.07) is -0.536. The van der Waals surface area contributed by atoms with E-state index in [0.717, 1.165) is 44.6 Å². The van der Waals surface area contributed by atoms with Gasteiger partial charge in [0.2, 0.25) is 0 Å². The minimum Gasteiger partial charge on any atom is -0.480 e. The lowest BCUT2D eigenvalue weighted by molar-refractivity contribution is -0.143. The summed E-state index contributed by atoms with van der Waals surface area (Å²) >= 11 is 0. The van der Waals surface area contributed by atoms with E-state index >= 15 is 0 Å². The van der Waals surface area contributed by atoms with Gasteiger partial charge in [-0.15, -0.1) is 0 Å². The molecule has 1 aromatic rings. The van der Waals surface area contributed by atoms with Crippen LogP contribution in [0.5, 0.6) is 0 Å². The van der Waals surface area contributed by atoms with Crippen molar-refractivity contribution in [2.45, 2.75) is 38.8 Å². The fourth-order valence-corrected chi connectivity index (χ4v) is 2.46. The molecule has 0 spiro atoms. The number of hydrogen-bond donors (Lipinski definition) is 1. The number of hydrogen-bond acceptors (Lipinski definition) is 3. The molecule has 1 N–H and O–H groups in total. The molecule has 0 amide bonds. The number of carboxylic acid groups (broad SMARTS) is 1. The van der Waals surface area contributed by atoms with Crippen molar-refractivity contribution >= 4 is 5.97 Å². The van der Waals surface area contributed by atoms with Crippen LogP contribution in [0.1, 0.15) is 37.9 Å². The fraction of sp³-hybridized carbons (Fsp3) is 0.667. The Labute approximate surface area is 101 Å². The molecule has 0 bridgehead atoms. The zero-order chi connectivity index (χ0) is 12.3. The van der Waals surface area contributed by atoms with E-state index in [1.54, 1.807) is 12.5 Å². The molecule has 0 aliphatic carbocycles. The van der Waals surface area contributed by atoms with Crippen LogP contribution >= 0.6 is 0 Å². The van der Waals surface area contributed by atoms with Gasteiger partial charge in [0.05, 0.1) is 18.2 Å². The zero-order valence-corrected chi connectivity index (χ0v) is 10.2. The average molecular weight is 237 g/mol. The van der Waals surface area contributed by atoms with E-state index in [-0.39, 0.29) is 0 Å². The van der Waals surface area contributed by atoms with Crippen LogP contribution < -0.4 is 0 Å². The molecule has 0 radical (unpaired) electrons. The van der Waals surface area contributed by atoms with Gasteiger partial charge in [-0.1, -0.05) is 6.92 Å². The first kappa shape index (κ1) is 12.1. The summed E-state index contributed by atoms with van der Waals surface area (Å²) in [6.07, 6.45) is 6.57. The number of aryl methyl sites for hydroxylation is 1. The maximum atomic E-state index is 11.5. The fourth-order valence-electron chi connectivity index (χ4n) is 2.46. The van der Waals surface area contributed by atoms with Crippen molar-refractivity contribution in [3.8, 4) is 0 Å². The molecule has 17 heavy (non-hydrogen) atoms. The predicted octanol–water partition coefficient (Wildman–Crippen LogP) is 1.51. The first-order valence-electron chi connectivity index (χ1n) is 6.21. The van der Waals surface area contributed by atoms with Gasteiger partial charge in [0.25, 0.3) is 0 Å². The number of nitrogens with zero attached hydrogens (tertiary/aromatic N) is 3. The molecule has 1 aliphatic heterocycles. The topological polar surface area (TPSA) is 58.4 Å². The van der Waals surface area contributed by atoms with Gasteiger partial charge in [0, 0.05) is 6.54 Å². The average Bonchev–Trinajstić information content (AvgIpc) is 2.92. The molecule has 0 aromatic carbocycles. The molecule has 5 heteroatoms. The zero-order valence-electron chi connectivity index (χ0n) is 10.2. The second-order valence-electron chi connectivity index (χ2n) is 4.50. The summed E-state index contributed by atoms with van der Waals surface area (Å²) in [7, 11) is 0. The van der Waals surface area contributed by atoms with Crippen molar-refractivity contribution in [3.63, 3.8) is 0 Å². The van der Waals surface area contributed by atoms with Crippen molar-refractivity contribution in [1.29, 1.82) is 0 Å². The van der Waals surface area contributed by atoms with Gasteiger partial charge in [-0.05, 0) is 32.4 Å². The van der Waals surface area contributed by atoms with Crippen molar-refractivity contribution < 1.29 is 9.90 Å². The Morgan fingerprint density at radius 3 is 2.82 bits per heavy atom. The third-order valence-electron chi connectivity index (χ3n) is 3.23. The molecule has 1 saturated heterocycles. The number of aliphatic carboxylic acids is 1. The molecular formula is C12H19N3O2. The van der Waals surface area contributed by atoms with Crippen LogP contribution in [-0.2, 0) is 11.3 Å². The van der Waals surface area contributed by atoms with Crippen LogP contribution in [0.15, 0.2) is 12.5 Å². The maximum absolute atomic E-state index is 11.5. The number of rotatable bonds is 5. The Balaban J connectivity index is 2.25. The van der Waals surface area contributed by atoms with Crippen molar-refractivity contribution in [3.05, 3.63) is 18.2 Å². The number of carboxylic acids is 1. The number of carbonyl (C=O) groups is 1. The van der Waals surface area contributed by atoms with Crippen LogP contribution in [0.25, 0.3) is 0 Å². The third-order valence-corrected chi connectivity index (χ3v) is 3.23. The molecule has 1 aliphatic rings. The van der Waals surface area contributed by atoms with E-state index in [2.05, 4.69) is 11.9 Å². The molecule has 1 unspecified atom stereocenters. The normalized spacial score (nSPS) is 18.4. The van der Waals surface area contributed by atoms with Crippen molar-refractivity contribution in [1.82, 2.24) is 14.5 Å². The summed E-state index contributed by atoms with van der Waals surface area (Å²) in [5.74, 6) is -0.773. The quantitative estimate of drug-likeness (QED) is 0.843. The predicted molar refractivity (Wildman–Crippen MR) is 63.7 cm³/mol. The Bertz CT molecular complexity index is 383. The summed E-state index contributed by atoms with van der Waals surface area (Å²) < 4.78 is 1.96. The number of likely N-dealkylation sites (tertiary alicyclic amines) is 1. The molecule has 1 fully saturated rings. The second kappa shape index (κ2) is 5.31. The minimum atomic E-state index is -0.773. The summed E-state index contributed by atoms with van der Waals surface area (Å²) in [5, 5.41) is 9.42. The van der Waals surface area contributed by atoms with Crippen molar-refractivity contribution in [2.75, 3.05) is 13.1 Å². The standard InChI is InChI=1S/C12H19N3O2/c1-2-5-15-9-13-8-10(15)11(12(16)17)14-6-3-4-7-14/h8-9,11H,2-7H2,1H3,(H,16,17). The lowest BCUT2D eigenvalue weighted by Gasteiger charge is -2.24. The molecule has 1 atom stereocenters. The first-order chi connectivity index (χ1) is 8.24. The van der Waals surface area contributed by atoms with Gasteiger partial charge < -0.3 is 9.67 Å². The Morgan fingerprint density at radius 2 is 2.24 bits per heavy atom. The SMILES string of the molecule is CCCn1cncc1C(C(=O)O)N1CCCC1. The highest BCUT2D eigenvalue weighted by Gasteiger charge is 2.31. The summed E-state index contributed by atoms with van der Waals surface area (Å²) in [4.78, 5) is 17.6. The molecule has 2 heterocycles. The van der Waals surface area contributed by atoms with Crippen LogP contribution in [0.3, 0.4) is 0 Å². The summed E-state index contributed by atoms with van der Waals surface area (Å²) in [6.45, 7) is 4.64. The smallest absolute Gasteiger partial charge is 0.327 e. The van der Waals surface area contributed by atoms with Gasteiger partial charge >= 0.3 is 5.97 Å². The van der Waals surface area contributed by atoms with Gasteiger partial charge in [0.15, 0.2) is 6.04 Å². The highest BCUT2D eigenvalue weighted by Crippen LogP contribution is 2.25. The third kappa shape index (κ3) is 2.49. The van der Waals surface area contributed by atoms with Gasteiger partial charge in [-0.2, -0.15) is 0 Å². The van der Waals surface area contributed by atoms with E-state index < -0.39 is 12.0 Å². The summed E-state index contributed by atoms with van der Waals surface area (Å²) in [5.41, 5.74) is 0.807. The lowest BCUT2D eigenvalue weighted by Crippen LogP contribution is -2.33. The lowest BCUT2D eigenvalue weighted by atomic mass is 10.2. The Morgan fingerprint density at radius 1 is 1.53 bits per heavy atom. The minimum absolute atomic E-state index is 0.536. The van der Waals surface area contributed by atoms with E-state index in [0.29, 0.717) is 0 Å². The Hall–Kier alpha value is -1.36. The van der Waals surface area contributed by atoms with Gasteiger partial charge in [0.1, 0.15) is 0 Å².